The number of hydrogen-bond donors (Lipinski definition) is 2. The topological polar surface area (TPSA) is 64.3 Å². The van der Waals surface area contributed by atoms with Crippen molar-refractivity contribution < 1.29 is 9.53 Å². The smallest absolute Gasteiger partial charge is 0.221 e. The van der Waals surface area contributed by atoms with Gasteiger partial charge >= 0.3 is 0 Å². The first-order valence-electron chi connectivity index (χ1n) is 6.06. The van der Waals surface area contributed by atoms with Gasteiger partial charge in [-0.2, -0.15) is 0 Å². The predicted molar refractivity (Wildman–Crippen MR) is 73.9 cm³/mol. The van der Waals surface area contributed by atoms with Crippen molar-refractivity contribution in [3.63, 3.8) is 0 Å². The average Bonchev–Trinajstić information content (AvgIpc) is 2.56. The Morgan fingerprint density at radius 3 is 3.11 bits per heavy atom. The van der Waals surface area contributed by atoms with E-state index < -0.39 is 0 Å². The molecule has 1 aliphatic rings. The van der Waals surface area contributed by atoms with Gasteiger partial charge in [-0.05, 0) is 31.0 Å². The molecule has 1 unspecified atom stereocenters. The highest BCUT2D eigenvalue weighted by atomic mass is 32.2. The summed E-state index contributed by atoms with van der Waals surface area (Å²) in [6.45, 7) is 0.781. The summed E-state index contributed by atoms with van der Waals surface area (Å²) in [4.78, 5) is 12.5. The van der Waals surface area contributed by atoms with Crippen LogP contribution >= 0.6 is 11.8 Å². The molecule has 1 amide bonds. The second-order valence-electron chi connectivity index (χ2n) is 4.34. The van der Waals surface area contributed by atoms with E-state index in [1.807, 2.05) is 18.2 Å². The zero-order chi connectivity index (χ0) is 13.0. The molecule has 0 spiro atoms. The Morgan fingerprint density at radius 1 is 1.50 bits per heavy atom. The van der Waals surface area contributed by atoms with Gasteiger partial charge in [0.2, 0.25) is 5.91 Å². The minimum absolute atomic E-state index is 0.131. The van der Waals surface area contributed by atoms with E-state index in [-0.39, 0.29) is 5.91 Å². The summed E-state index contributed by atoms with van der Waals surface area (Å²) in [5.41, 5.74) is 6.70. The average molecular weight is 266 g/mol. The van der Waals surface area contributed by atoms with E-state index in [1.54, 1.807) is 18.9 Å². The lowest BCUT2D eigenvalue weighted by Crippen LogP contribution is -2.22. The summed E-state index contributed by atoms with van der Waals surface area (Å²) in [5.74, 6) is 0.927. The Labute approximate surface area is 111 Å². The molecule has 0 radical (unpaired) electrons. The summed E-state index contributed by atoms with van der Waals surface area (Å²) in [6.07, 6.45) is 2.61. The molecule has 1 saturated heterocycles. The van der Waals surface area contributed by atoms with Crippen LogP contribution in [-0.2, 0) is 4.79 Å². The highest BCUT2D eigenvalue weighted by Gasteiger charge is 2.19. The first-order valence-corrected chi connectivity index (χ1v) is 6.94. The Balaban J connectivity index is 2.09. The first kappa shape index (κ1) is 13.1. The molecule has 0 aromatic heterocycles. The molecule has 5 heteroatoms. The van der Waals surface area contributed by atoms with Crippen LogP contribution in [0, 0.1) is 0 Å². The summed E-state index contributed by atoms with van der Waals surface area (Å²) in [6, 6.07) is 5.62. The number of rotatable bonds is 3. The number of ether oxygens (including phenoxy) is 1. The first-order chi connectivity index (χ1) is 8.69. The van der Waals surface area contributed by atoms with Gasteiger partial charge < -0.3 is 15.8 Å². The van der Waals surface area contributed by atoms with Crippen molar-refractivity contribution in [2.75, 3.05) is 19.4 Å². The fourth-order valence-electron chi connectivity index (χ4n) is 1.96. The number of benzene rings is 1. The number of amides is 1. The molecule has 0 aliphatic carbocycles. The van der Waals surface area contributed by atoms with Gasteiger partial charge in [-0.1, -0.05) is 0 Å². The van der Waals surface area contributed by atoms with E-state index in [9.17, 15) is 4.79 Å². The zero-order valence-electron chi connectivity index (χ0n) is 10.4. The van der Waals surface area contributed by atoms with Crippen molar-refractivity contribution in [1.82, 2.24) is 5.32 Å². The van der Waals surface area contributed by atoms with Crippen molar-refractivity contribution in [2.45, 2.75) is 29.4 Å². The molecule has 1 aromatic rings. The van der Waals surface area contributed by atoms with Crippen LogP contribution in [0.1, 0.15) is 19.3 Å². The van der Waals surface area contributed by atoms with Crippen LogP contribution in [0.4, 0.5) is 5.69 Å². The molecule has 1 aliphatic heterocycles. The monoisotopic (exact) mass is 266 g/mol. The number of hydrogen-bond acceptors (Lipinski definition) is 4. The second kappa shape index (κ2) is 6.00. The van der Waals surface area contributed by atoms with Crippen LogP contribution in [0.2, 0.25) is 0 Å². The number of nitrogen functional groups attached to an aromatic ring is 1. The van der Waals surface area contributed by atoms with E-state index in [4.69, 9.17) is 10.5 Å². The van der Waals surface area contributed by atoms with Crippen LogP contribution < -0.4 is 15.8 Å². The Morgan fingerprint density at radius 2 is 2.33 bits per heavy atom. The van der Waals surface area contributed by atoms with Gasteiger partial charge in [-0.3, -0.25) is 4.79 Å². The van der Waals surface area contributed by atoms with E-state index in [0.717, 1.165) is 35.7 Å². The molecule has 2 rings (SSSR count). The summed E-state index contributed by atoms with van der Waals surface area (Å²) in [5, 5.41) is 3.18. The number of methoxy groups -OCH3 is 1. The maximum absolute atomic E-state index is 11.5. The van der Waals surface area contributed by atoms with Gasteiger partial charge in [0.25, 0.3) is 0 Å². The Kier molecular flexibility index (Phi) is 4.36. The third kappa shape index (κ3) is 3.32. The van der Waals surface area contributed by atoms with Gasteiger partial charge in [-0.15, -0.1) is 11.8 Å². The van der Waals surface area contributed by atoms with E-state index >= 15 is 0 Å². The minimum Gasteiger partial charge on any atom is -0.497 e. The molecule has 18 heavy (non-hydrogen) atoms. The number of thioether (sulfide) groups is 1. The highest BCUT2D eigenvalue weighted by molar-refractivity contribution is 8.00. The summed E-state index contributed by atoms with van der Waals surface area (Å²) in [7, 11) is 1.64. The van der Waals surface area contributed by atoms with Crippen molar-refractivity contribution in [3.8, 4) is 5.75 Å². The third-order valence-corrected chi connectivity index (χ3v) is 4.30. The minimum atomic E-state index is 0.131. The molecule has 3 N–H and O–H groups in total. The van der Waals surface area contributed by atoms with Crippen LogP contribution in [-0.4, -0.2) is 24.8 Å². The lowest BCUT2D eigenvalue weighted by molar-refractivity contribution is -0.120. The molecule has 1 heterocycles. The summed E-state index contributed by atoms with van der Waals surface area (Å²) >= 11 is 1.67. The second-order valence-corrected chi connectivity index (χ2v) is 5.68. The van der Waals surface area contributed by atoms with Crippen LogP contribution in [0.3, 0.4) is 0 Å². The number of carbonyl (C=O) groups is 1. The third-order valence-electron chi connectivity index (χ3n) is 2.95. The fraction of sp³-hybridized carbons (Fsp3) is 0.462. The molecule has 0 saturated carbocycles. The van der Waals surface area contributed by atoms with Gasteiger partial charge in [0, 0.05) is 28.8 Å². The maximum atomic E-state index is 11.5. The molecule has 1 atom stereocenters. The summed E-state index contributed by atoms with van der Waals surface area (Å²) < 4.78 is 5.20. The van der Waals surface area contributed by atoms with E-state index in [0.29, 0.717) is 11.7 Å². The number of anilines is 1. The molecule has 0 bridgehead atoms. The number of nitrogens with one attached hydrogen (secondary N) is 1. The molecular formula is C13H18N2O2S. The number of carbonyl (C=O) groups excluding carboxylic acids is 1. The van der Waals surface area contributed by atoms with E-state index in [2.05, 4.69) is 5.32 Å². The van der Waals surface area contributed by atoms with Crippen LogP contribution in [0.5, 0.6) is 5.75 Å². The quantitative estimate of drug-likeness (QED) is 0.822. The molecule has 4 nitrogen and oxygen atoms in total. The van der Waals surface area contributed by atoms with Gasteiger partial charge in [0.15, 0.2) is 0 Å². The number of nitrogens with two attached hydrogens (primary N) is 1. The zero-order valence-corrected chi connectivity index (χ0v) is 11.3. The van der Waals surface area contributed by atoms with Gasteiger partial charge in [0.1, 0.15) is 5.75 Å². The SMILES string of the molecule is COc1ccc(N)c(SC2CCCNC(=O)C2)c1. The Bertz CT molecular complexity index is 437. The van der Waals surface area contributed by atoms with Crippen molar-refractivity contribution in [3.05, 3.63) is 18.2 Å². The van der Waals surface area contributed by atoms with Gasteiger partial charge in [0.05, 0.1) is 7.11 Å². The fourth-order valence-corrected chi connectivity index (χ4v) is 3.23. The van der Waals surface area contributed by atoms with Crippen molar-refractivity contribution in [1.29, 1.82) is 0 Å². The molecule has 1 fully saturated rings. The predicted octanol–water partition coefficient (Wildman–Crippen LogP) is 2.04. The Hall–Kier alpha value is -1.36. The lowest BCUT2D eigenvalue weighted by Gasteiger charge is -2.14. The van der Waals surface area contributed by atoms with Crippen LogP contribution in [0.25, 0.3) is 0 Å². The van der Waals surface area contributed by atoms with Crippen LogP contribution in [0.15, 0.2) is 23.1 Å². The molecule has 1 aromatic carbocycles. The normalized spacial score (nSPS) is 20.1. The largest absolute Gasteiger partial charge is 0.497 e. The molecule has 98 valence electrons. The van der Waals surface area contributed by atoms with E-state index in [1.165, 1.54) is 0 Å². The standard InChI is InChI=1S/C13H18N2O2S/c1-17-9-4-5-11(14)12(7-9)18-10-3-2-6-15-13(16)8-10/h4-5,7,10H,2-3,6,8,14H2,1H3,(H,15,16). The lowest BCUT2D eigenvalue weighted by atomic mass is 10.2. The van der Waals surface area contributed by atoms with Crippen molar-refractivity contribution in [2.24, 2.45) is 0 Å². The van der Waals surface area contributed by atoms with Crippen molar-refractivity contribution >= 4 is 23.4 Å². The molecular weight excluding hydrogens is 248 g/mol. The van der Waals surface area contributed by atoms with Gasteiger partial charge in [-0.25, -0.2) is 0 Å². The maximum Gasteiger partial charge on any atom is 0.221 e. The highest BCUT2D eigenvalue weighted by Crippen LogP contribution is 2.35.